The number of nitrogens with one attached hydrogen (secondary N) is 1. The van der Waals surface area contributed by atoms with E-state index >= 15 is 0 Å². The lowest BCUT2D eigenvalue weighted by molar-refractivity contribution is -0.116. The molecule has 6 nitrogen and oxygen atoms in total. The highest BCUT2D eigenvalue weighted by Gasteiger charge is 2.24. The Morgan fingerprint density at radius 1 is 1.10 bits per heavy atom. The maximum atomic E-state index is 13.0. The molecule has 3 rings (SSSR count). The second-order valence-electron chi connectivity index (χ2n) is 7.11. The zero-order valence-corrected chi connectivity index (χ0v) is 17.7. The first kappa shape index (κ1) is 21.5. The normalized spacial score (nSPS) is 10.7. The van der Waals surface area contributed by atoms with Crippen LogP contribution in [0.2, 0.25) is 5.15 Å². The fourth-order valence-electron chi connectivity index (χ4n) is 2.98. The zero-order chi connectivity index (χ0) is 21.8. The van der Waals surface area contributed by atoms with E-state index in [0.717, 1.165) is 11.1 Å². The van der Waals surface area contributed by atoms with Crippen LogP contribution in [0.1, 0.15) is 27.2 Å². The van der Waals surface area contributed by atoms with Gasteiger partial charge in [-0.2, -0.15) is 5.10 Å². The summed E-state index contributed by atoms with van der Waals surface area (Å²) in [7, 11) is 1.51. The SMILES string of the molecule is Cc1ccc(Cn2nc(C)c(C(=O)N(C)CC(=O)Nc3ccc(F)cc3)c2Cl)cc1. The van der Waals surface area contributed by atoms with Crippen molar-refractivity contribution in [2.45, 2.75) is 20.4 Å². The first-order chi connectivity index (χ1) is 14.2. The molecule has 0 spiro atoms. The number of nitrogens with zero attached hydrogens (tertiary/aromatic N) is 3. The van der Waals surface area contributed by atoms with Gasteiger partial charge >= 0.3 is 0 Å². The molecule has 8 heteroatoms. The highest BCUT2D eigenvalue weighted by Crippen LogP contribution is 2.22. The maximum absolute atomic E-state index is 13.0. The van der Waals surface area contributed by atoms with Gasteiger partial charge in [-0.15, -0.1) is 0 Å². The van der Waals surface area contributed by atoms with Crippen molar-refractivity contribution in [2.24, 2.45) is 0 Å². The van der Waals surface area contributed by atoms with E-state index in [2.05, 4.69) is 10.4 Å². The lowest BCUT2D eigenvalue weighted by Gasteiger charge is -2.17. The number of hydrogen-bond acceptors (Lipinski definition) is 3. The fraction of sp³-hybridized carbons (Fsp3) is 0.227. The van der Waals surface area contributed by atoms with Crippen LogP contribution in [0.15, 0.2) is 48.5 Å². The molecule has 0 saturated carbocycles. The first-order valence-electron chi connectivity index (χ1n) is 9.34. The molecule has 3 aromatic rings. The van der Waals surface area contributed by atoms with Gasteiger partial charge in [0.15, 0.2) is 0 Å². The summed E-state index contributed by atoms with van der Waals surface area (Å²) in [6, 6.07) is 13.4. The third-order valence-electron chi connectivity index (χ3n) is 4.59. The number of amides is 2. The van der Waals surface area contributed by atoms with Gasteiger partial charge in [0.1, 0.15) is 11.0 Å². The number of aryl methyl sites for hydroxylation is 2. The van der Waals surface area contributed by atoms with Crippen LogP contribution < -0.4 is 5.32 Å². The van der Waals surface area contributed by atoms with Crippen LogP contribution in [0.5, 0.6) is 0 Å². The Labute approximate surface area is 179 Å². The highest BCUT2D eigenvalue weighted by atomic mass is 35.5. The standard InChI is InChI=1S/C22H22ClFN4O2/c1-14-4-6-16(7-5-14)12-28-21(23)20(15(2)26-28)22(30)27(3)13-19(29)25-18-10-8-17(24)9-11-18/h4-11H,12-13H2,1-3H3,(H,25,29). The van der Waals surface area contributed by atoms with E-state index in [1.807, 2.05) is 31.2 Å². The number of benzene rings is 2. The third-order valence-corrected chi connectivity index (χ3v) is 4.97. The van der Waals surface area contributed by atoms with Gasteiger partial charge in [0.25, 0.3) is 5.91 Å². The molecule has 2 amide bonds. The number of carbonyl (C=O) groups excluding carboxylic acids is 2. The van der Waals surface area contributed by atoms with Crippen LogP contribution in [0.25, 0.3) is 0 Å². The van der Waals surface area contributed by atoms with Gasteiger partial charge in [0.05, 0.1) is 24.3 Å². The molecular weight excluding hydrogens is 407 g/mol. The number of hydrogen-bond donors (Lipinski definition) is 1. The van der Waals surface area contributed by atoms with E-state index < -0.39 is 17.6 Å². The molecule has 2 aromatic carbocycles. The smallest absolute Gasteiger partial charge is 0.259 e. The molecule has 0 fully saturated rings. The summed E-state index contributed by atoms with van der Waals surface area (Å²) in [4.78, 5) is 26.4. The summed E-state index contributed by atoms with van der Waals surface area (Å²) in [6.07, 6.45) is 0. The predicted octanol–water partition coefficient (Wildman–Crippen LogP) is 4.05. The Hall–Kier alpha value is -3.19. The largest absolute Gasteiger partial charge is 0.332 e. The number of anilines is 1. The quantitative estimate of drug-likeness (QED) is 0.644. The summed E-state index contributed by atoms with van der Waals surface area (Å²) in [5, 5.41) is 7.24. The van der Waals surface area contributed by atoms with Gasteiger partial charge in [0.2, 0.25) is 5.91 Å². The highest BCUT2D eigenvalue weighted by molar-refractivity contribution is 6.33. The van der Waals surface area contributed by atoms with E-state index in [1.165, 1.54) is 36.2 Å². The average molecular weight is 429 g/mol. The Morgan fingerprint density at radius 3 is 2.37 bits per heavy atom. The van der Waals surface area contributed by atoms with Crippen LogP contribution in [0.4, 0.5) is 10.1 Å². The lowest BCUT2D eigenvalue weighted by Crippen LogP contribution is -2.35. The number of carbonyl (C=O) groups is 2. The molecule has 30 heavy (non-hydrogen) atoms. The van der Waals surface area contributed by atoms with Crippen LogP contribution in [0.3, 0.4) is 0 Å². The topological polar surface area (TPSA) is 67.2 Å². The van der Waals surface area contributed by atoms with Gasteiger partial charge in [-0.3, -0.25) is 9.59 Å². The third kappa shape index (κ3) is 5.04. The van der Waals surface area contributed by atoms with Gasteiger partial charge in [-0.25, -0.2) is 9.07 Å². The fourth-order valence-corrected chi connectivity index (χ4v) is 3.29. The zero-order valence-electron chi connectivity index (χ0n) is 16.9. The number of likely N-dealkylation sites (N-methyl/N-ethyl adjacent to an activating group) is 1. The molecule has 0 aliphatic heterocycles. The van der Waals surface area contributed by atoms with Crippen molar-refractivity contribution in [3.63, 3.8) is 0 Å². The molecule has 1 N–H and O–H groups in total. The van der Waals surface area contributed by atoms with E-state index in [-0.39, 0.29) is 17.3 Å². The summed E-state index contributed by atoms with van der Waals surface area (Å²) >= 11 is 6.45. The molecule has 156 valence electrons. The van der Waals surface area contributed by atoms with Crippen LogP contribution >= 0.6 is 11.6 Å². The van der Waals surface area contributed by atoms with Crippen LogP contribution in [-0.4, -0.2) is 40.1 Å². The van der Waals surface area contributed by atoms with Crippen LogP contribution in [0, 0.1) is 19.7 Å². The molecule has 0 aliphatic rings. The molecule has 0 aliphatic carbocycles. The summed E-state index contributed by atoms with van der Waals surface area (Å²) in [5.74, 6) is -1.20. The minimum absolute atomic E-state index is 0.185. The molecule has 0 radical (unpaired) electrons. The molecule has 0 bridgehead atoms. The van der Waals surface area contributed by atoms with E-state index in [4.69, 9.17) is 11.6 Å². The molecule has 1 aromatic heterocycles. The average Bonchev–Trinajstić information content (AvgIpc) is 2.98. The van der Waals surface area contributed by atoms with Crippen molar-refractivity contribution in [2.75, 3.05) is 18.9 Å². The summed E-state index contributed by atoms with van der Waals surface area (Å²) in [6.45, 7) is 3.96. The monoisotopic (exact) mass is 428 g/mol. The van der Waals surface area contributed by atoms with E-state index in [9.17, 15) is 14.0 Å². The predicted molar refractivity (Wildman–Crippen MR) is 114 cm³/mol. The Balaban J connectivity index is 1.69. The van der Waals surface area contributed by atoms with Gasteiger partial charge in [-0.1, -0.05) is 41.4 Å². The lowest BCUT2D eigenvalue weighted by atomic mass is 10.1. The Bertz CT molecular complexity index is 1060. The van der Waals surface area contributed by atoms with E-state index in [1.54, 1.807) is 11.6 Å². The van der Waals surface area contributed by atoms with Crippen LogP contribution in [-0.2, 0) is 11.3 Å². The Kier molecular flexibility index (Phi) is 6.52. The van der Waals surface area contributed by atoms with Gasteiger partial charge in [-0.05, 0) is 43.7 Å². The van der Waals surface area contributed by atoms with Crippen molar-refractivity contribution in [1.29, 1.82) is 0 Å². The van der Waals surface area contributed by atoms with Gasteiger partial charge < -0.3 is 10.2 Å². The first-order valence-corrected chi connectivity index (χ1v) is 9.71. The summed E-state index contributed by atoms with van der Waals surface area (Å²) < 4.78 is 14.5. The van der Waals surface area contributed by atoms with Crippen molar-refractivity contribution in [3.05, 3.63) is 81.9 Å². The number of aromatic nitrogens is 2. The van der Waals surface area contributed by atoms with E-state index in [0.29, 0.717) is 17.9 Å². The molecular formula is C22H22ClFN4O2. The van der Waals surface area contributed by atoms with Crippen molar-refractivity contribution in [1.82, 2.24) is 14.7 Å². The second-order valence-corrected chi connectivity index (χ2v) is 7.47. The minimum Gasteiger partial charge on any atom is -0.332 e. The maximum Gasteiger partial charge on any atom is 0.259 e. The van der Waals surface area contributed by atoms with Gasteiger partial charge in [0, 0.05) is 12.7 Å². The van der Waals surface area contributed by atoms with Crippen molar-refractivity contribution < 1.29 is 14.0 Å². The summed E-state index contributed by atoms with van der Waals surface area (Å²) in [5.41, 5.74) is 3.36. The minimum atomic E-state index is -0.404. The molecule has 1 heterocycles. The second kappa shape index (κ2) is 9.09. The molecule has 0 unspecified atom stereocenters. The molecule has 0 saturated heterocycles. The molecule has 0 atom stereocenters. The Morgan fingerprint density at radius 2 is 1.73 bits per heavy atom. The number of rotatable bonds is 6. The van der Waals surface area contributed by atoms with Crippen molar-refractivity contribution >= 4 is 29.1 Å². The van der Waals surface area contributed by atoms with Crippen molar-refractivity contribution in [3.8, 4) is 0 Å². The number of halogens is 2.